The number of hydrogen-bond acceptors (Lipinski definition) is 5. The van der Waals surface area contributed by atoms with Crippen LogP contribution in [0.4, 0.5) is 0 Å². The molecule has 1 atom stereocenters. The lowest BCUT2D eigenvalue weighted by molar-refractivity contribution is -0.120. The van der Waals surface area contributed by atoms with E-state index in [-0.39, 0.29) is 18.4 Å². The number of carbonyl (C=O) groups is 2. The van der Waals surface area contributed by atoms with Gasteiger partial charge in [0.25, 0.3) is 11.8 Å². The highest BCUT2D eigenvalue weighted by atomic mass is 16.5. The van der Waals surface area contributed by atoms with Crippen molar-refractivity contribution in [1.82, 2.24) is 20.0 Å². The molecule has 1 saturated heterocycles. The quantitative estimate of drug-likeness (QED) is 0.459. The summed E-state index contributed by atoms with van der Waals surface area (Å²) in [5.41, 5.74) is 6.50. The maximum absolute atomic E-state index is 13.6. The number of hydrogen-bond donors (Lipinski definition) is 1. The zero-order valence-electron chi connectivity index (χ0n) is 23.4. The third-order valence-electron chi connectivity index (χ3n) is 8.47. The predicted molar refractivity (Wildman–Crippen MR) is 156 cm³/mol. The Balaban J connectivity index is 1.30. The van der Waals surface area contributed by atoms with Gasteiger partial charge in [-0.25, -0.2) is 4.99 Å². The van der Waals surface area contributed by atoms with Gasteiger partial charge >= 0.3 is 0 Å². The third kappa shape index (κ3) is 5.51. The van der Waals surface area contributed by atoms with Crippen LogP contribution in [0, 0.1) is 5.92 Å². The second-order valence-corrected chi connectivity index (χ2v) is 11.3. The van der Waals surface area contributed by atoms with E-state index in [0.717, 1.165) is 73.3 Å². The van der Waals surface area contributed by atoms with Crippen LogP contribution in [0.3, 0.4) is 0 Å². The molecule has 2 fully saturated rings. The highest BCUT2D eigenvalue weighted by Gasteiger charge is 2.26. The molecular weight excluding hydrogens is 502 g/mol. The summed E-state index contributed by atoms with van der Waals surface area (Å²) in [5.74, 6) is -0.844. The van der Waals surface area contributed by atoms with E-state index >= 15 is 0 Å². The van der Waals surface area contributed by atoms with E-state index in [1.54, 1.807) is 0 Å². The van der Waals surface area contributed by atoms with Crippen LogP contribution in [0.25, 0.3) is 22.0 Å². The van der Waals surface area contributed by atoms with Crippen molar-refractivity contribution < 1.29 is 14.3 Å². The largest absolute Gasteiger partial charge is 0.379 e. The zero-order valence-corrected chi connectivity index (χ0v) is 23.4. The fourth-order valence-electron chi connectivity index (χ4n) is 6.21. The Kier molecular flexibility index (Phi) is 7.63. The fraction of sp³-hybridized carbons (Fsp3) is 0.438. The number of rotatable bonds is 7. The maximum Gasteiger partial charge on any atom is 0.254 e. The maximum atomic E-state index is 13.6. The lowest BCUT2D eigenvalue weighted by atomic mass is 9.95. The fourth-order valence-corrected chi connectivity index (χ4v) is 6.21. The molecule has 2 aliphatic heterocycles. The number of morpholine rings is 1. The highest BCUT2D eigenvalue weighted by molar-refractivity contribution is 6.09. The number of benzene rings is 2. The van der Waals surface area contributed by atoms with Crippen molar-refractivity contribution in [2.24, 2.45) is 10.9 Å². The number of carbonyl (C=O) groups excluding carboxylic acids is 2. The highest BCUT2D eigenvalue weighted by Crippen LogP contribution is 2.35. The monoisotopic (exact) mass is 539 g/mol. The van der Waals surface area contributed by atoms with E-state index in [4.69, 9.17) is 9.84 Å². The summed E-state index contributed by atoms with van der Waals surface area (Å²) in [7, 11) is 0. The van der Waals surface area contributed by atoms with Crippen LogP contribution in [-0.2, 0) is 16.1 Å². The molecule has 1 aromatic heterocycles. The Hall–Kier alpha value is -3.62. The molecular formula is C32H37N5O3. The molecule has 8 heteroatoms. The van der Waals surface area contributed by atoms with Gasteiger partial charge < -0.3 is 10.1 Å². The Morgan fingerprint density at radius 3 is 2.52 bits per heavy atom. The summed E-state index contributed by atoms with van der Waals surface area (Å²) < 4.78 is 7.60. The van der Waals surface area contributed by atoms with E-state index in [2.05, 4.69) is 50.2 Å². The van der Waals surface area contributed by atoms with Crippen LogP contribution in [0.15, 0.2) is 59.2 Å². The van der Waals surface area contributed by atoms with Gasteiger partial charge in [0.05, 0.1) is 42.5 Å². The number of aromatic nitrogens is 2. The van der Waals surface area contributed by atoms with Crippen LogP contribution in [0.2, 0.25) is 0 Å². The summed E-state index contributed by atoms with van der Waals surface area (Å²) in [4.78, 5) is 32.7. The van der Waals surface area contributed by atoms with E-state index < -0.39 is 5.92 Å². The topological polar surface area (TPSA) is 88.8 Å². The molecule has 0 spiro atoms. The first kappa shape index (κ1) is 26.6. The molecule has 0 radical (unpaired) electrons. The SMILES string of the molecule is CC1=CC(C)=NC(=O)C1CNC(=O)c1cc(-c2ccc(CN3CCOCC3)cc2)cc2c1cnn2C1CCCC1. The smallest absolute Gasteiger partial charge is 0.254 e. The molecule has 208 valence electrons. The molecule has 3 aliphatic rings. The number of nitrogens with one attached hydrogen (secondary N) is 1. The van der Waals surface area contributed by atoms with E-state index in [9.17, 15) is 9.59 Å². The second-order valence-electron chi connectivity index (χ2n) is 11.3. The number of fused-ring (bicyclic) bond motifs is 1. The lowest BCUT2D eigenvalue weighted by Crippen LogP contribution is -2.35. The van der Waals surface area contributed by atoms with Crippen LogP contribution >= 0.6 is 0 Å². The van der Waals surface area contributed by atoms with Gasteiger partial charge in [0.15, 0.2) is 0 Å². The first-order chi connectivity index (χ1) is 19.5. The predicted octanol–water partition coefficient (Wildman–Crippen LogP) is 4.94. The van der Waals surface area contributed by atoms with Gasteiger partial charge in [-0.2, -0.15) is 5.10 Å². The molecule has 1 saturated carbocycles. The standard InChI is InChI=1S/C32H37N5O3/c1-21-15-22(2)35-32(39)28(21)18-33-31(38)27-16-25(17-30-29(27)19-34-37(30)26-5-3-4-6-26)24-9-7-23(8-10-24)20-36-11-13-40-14-12-36/h7-10,15-17,19,26,28H,3-6,11-14,18,20H2,1-2H3,(H,33,38). The van der Waals surface area contributed by atoms with Crippen molar-refractivity contribution >= 4 is 28.4 Å². The van der Waals surface area contributed by atoms with Crippen molar-refractivity contribution in [3.63, 3.8) is 0 Å². The average molecular weight is 540 g/mol. The van der Waals surface area contributed by atoms with Crippen LogP contribution in [0.5, 0.6) is 0 Å². The van der Waals surface area contributed by atoms with Crippen LogP contribution < -0.4 is 5.32 Å². The third-order valence-corrected chi connectivity index (χ3v) is 8.47. The Morgan fingerprint density at radius 1 is 1.05 bits per heavy atom. The van der Waals surface area contributed by atoms with E-state index in [1.807, 2.05) is 32.2 Å². The van der Waals surface area contributed by atoms with Gasteiger partial charge in [0, 0.05) is 37.3 Å². The van der Waals surface area contributed by atoms with Gasteiger partial charge in [0.2, 0.25) is 0 Å². The van der Waals surface area contributed by atoms with Crippen molar-refractivity contribution in [1.29, 1.82) is 0 Å². The molecule has 3 heterocycles. The Labute approximate surface area is 235 Å². The second kappa shape index (κ2) is 11.5. The van der Waals surface area contributed by atoms with Gasteiger partial charge in [-0.1, -0.05) is 42.7 Å². The minimum absolute atomic E-state index is 0.200. The molecule has 2 aromatic carbocycles. The van der Waals surface area contributed by atoms with Gasteiger partial charge in [-0.15, -0.1) is 0 Å². The summed E-state index contributed by atoms with van der Waals surface area (Å²) in [6.45, 7) is 8.34. The van der Waals surface area contributed by atoms with E-state index in [0.29, 0.717) is 17.3 Å². The first-order valence-electron chi connectivity index (χ1n) is 14.4. The lowest BCUT2D eigenvalue weighted by Gasteiger charge is -2.26. The molecule has 8 nitrogen and oxygen atoms in total. The Morgan fingerprint density at radius 2 is 1.80 bits per heavy atom. The molecule has 6 rings (SSSR count). The summed E-state index contributed by atoms with van der Waals surface area (Å²) in [5, 5.41) is 8.62. The molecule has 40 heavy (non-hydrogen) atoms. The molecule has 1 unspecified atom stereocenters. The minimum Gasteiger partial charge on any atom is -0.379 e. The van der Waals surface area contributed by atoms with Crippen LogP contribution in [-0.4, -0.2) is 65.1 Å². The zero-order chi connectivity index (χ0) is 27.6. The number of nitrogens with zero attached hydrogens (tertiary/aromatic N) is 4. The van der Waals surface area contributed by atoms with Gasteiger partial charge in [-0.3, -0.25) is 19.2 Å². The number of amides is 2. The van der Waals surface area contributed by atoms with Crippen molar-refractivity contribution in [2.75, 3.05) is 32.8 Å². The molecule has 2 amide bonds. The van der Waals surface area contributed by atoms with Crippen molar-refractivity contribution in [3.8, 4) is 11.1 Å². The molecule has 1 N–H and O–H groups in total. The summed E-state index contributed by atoms with van der Waals surface area (Å²) in [6, 6.07) is 13.1. The van der Waals surface area contributed by atoms with E-state index in [1.165, 1.54) is 18.4 Å². The molecule has 1 aliphatic carbocycles. The van der Waals surface area contributed by atoms with Crippen molar-refractivity contribution in [2.45, 2.75) is 52.1 Å². The molecule has 0 bridgehead atoms. The Bertz CT molecular complexity index is 1470. The van der Waals surface area contributed by atoms with Crippen molar-refractivity contribution in [3.05, 3.63) is 65.4 Å². The number of dihydropyridines is 1. The van der Waals surface area contributed by atoms with Gasteiger partial charge in [-0.05, 0) is 61.6 Å². The number of allylic oxidation sites excluding steroid dienone is 1. The average Bonchev–Trinajstić information content (AvgIpc) is 3.63. The molecule has 3 aromatic rings. The number of aliphatic imine (C=N–C) groups is 1. The van der Waals surface area contributed by atoms with Crippen LogP contribution in [0.1, 0.15) is 61.5 Å². The normalized spacial score (nSPS) is 20.6. The number of ether oxygens (including phenoxy) is 1. The van der Waals surface area contributed by atoms with Gasteiger partial charge in [0.1, 0.15) is 0 Å². The summed E-state index contributed by atoms with van der Waals surface area (Å²) in [6.07, 6.45) is 8.35. The summed E-state index contributed by atoms with van der Waals surface area (Å²) >= 11 is 0. The minimum atomic E-state index is -0.438. The first-order valence-corrected chi connectivity index (χ1v) is 14.4.